The number of H-pyrrole nitrogens is 1. The molecular weight excluding hydrogens is 334 g/mol. The Hall–Kier alpha value is -2.77. The van der Waals surface area contributed by atoms with Crippen molar-refractivity contribution >= 4 is 27.6 Å². The maximum absolute atomic E-state index is 12.7. The maximum Gasteiger partial charge on any atom is 0.340 e. The van der Waals surface area contributed by atoms with E-state index in [2.05, 4.69) is 9.97 Å². The van der Waals surface area contributed by atoms with Crippen molar-refractivity contribution in [2.24, 2.45) is 5.73 Å². The molecule has 0 aliphatic carbocycles. The highest BCUT2D eigenvalue weighted by molar-refractivity contribution is 6.16. The van der Waals surface area contributed by atoms with Crippen LogP contribution in [0.25, 0.3) is 21.7 Å². The van der Waals surface area contributed by atoms with Gasteiger partial charge in [0.15, 0.2) is 0 Å². The van der Waals surface area contributed by atoms with Crippen LogP contribution in [-0.4, -0.2) is 35.7 Å². The summed E-state index contributed by atoms with van der Waals surface area (Å²) in [4.78, 5) is 32.7. The first-order chi connectivity index (χ1) is 12.6. The molecule has 0 saturated heterocycles. The number of nitrogens with zero attached hydrogens (tertiary/aromatic N) is 1. The van der Waals surface area contributed by atoms with Gasteiger partial charge in [0.1, 0.15) is 0 Å². The Balaban J connectivity index is 2.40. The van der Waals surface area contributed by atoms with Crippen molar-refractivity contribution in [1.82, 2.24) is 9.97 Å². The summed E-state index contributed by atoms with van der Waals surface area (Å²) >= 11 is 0. The van der Waals surface area contributed by atoms with Gasteiger partial charge in [-0.1, -0.05) is 18.2 Å². The molecule has 0 aliphatic heterocycles. The number of aromatic amines is 1. The molecule has 3 aromatic rings. The van der Waals surface area contributed by atoms with Crippen LogP contribution >= 0.6 is 0 Å². The first kappa shape index (κ1) is 18.0. The Morgan fingerprint density at radius 1 is 1.27 bits per heavy atom. The molecule has 1 aromatic carbocycles. The number of nitrogens with one attached hydrogen (secondary N) is 1. The lowest BCUT2D eigenvalue weighted by Crippen LogP contribution is -2.18. The van der Waals surface area contributed by atoms with Crippen molar-refractivity contribution in [3.8, 4) is 0 Å². The van der Waals surface area contributed by atoms with Gasteiger partial charge in [0.2, 0.25) is 0 Å². The minimum Gasteiger partial charge on any atom is -0.462 e. The second kappa shape index (κ2) is 7.63. The van der Waals surface area contributed by atoms with E-state index in [1.807, 2.05) is 18.2 Å². The van der Waals surface area contributed by atoms with Gasteiger partial charge in [0, 0.05) is 22.8 Å². The van der Waals surface area contributed by atoms with Gasteiger partial charge in [0.25, 0.3) is 5.56 Å². The van der Waals surface area contributed by atoms with E-state index in [1.54, 1.807) is 19.9 Å². The Morgan fingerprint density at radius 2 is 2.04 bits per heavy atom. The Morgan fingerprint density at radius 3 is 2.77 bits per heavy atom. The van der Waals surface area contributed by atoms with Crippen LogP contribution in [0.3, 0.4) is 0 Å². The number of pyridine rings is 2. The van der Waals surface area contributed by atoms with Crippen LogP contribution in [0.5, 0.6) is 0 Å². The molecule has 2 heterocycles. The quantitative estimate of drug-likeness (QED) is 0.398. The van der Waals surface area contributed by atoms with Crippen LogP contribution in [0.15, 0.2) is 29.1 Å². The second-order valence-electron chi connectivity index (χ2n) is 5.83. The summed E-state index contributed by atoms with van der Waals surface area (Å²) in [6, 6.07) is 7.34. The standard InChI is InChI=1S/C19H21N3O4/c1-3-26-19(24)17-14(10-25-9-8-20)21-11(2)15-16(17)12-6-4-5-7-13(12)22-18(15)23/h4-7H,3,8-10,20H2,1-2H3,(H,22,23). The number of fused-ring (bicyclic) bond motifs is 3. The number of carbonyl (C=O) groups excluding carboxylic acids is 1. The van der Waals surface area contributed by atoms with E-state index < -0.39 is 5.97 Å². The predicted octanol–water partition coefficient (Wildman–Crippen LogP) is 2.04. The molecule has 0 spiro atoms. The van der Waals surface area contributed by atoms with E-state index in [0.29, 0.717) is 40.8 Å². The number of aryl methyl sites for hydroxylation is 1. The summed E-state index contributed by atoms with van der Waals surface area (Å²) in [5.41, 5.74) is 7.08. The summed E-state index contributed by atoms with van der Waals surface area (Å²) in [5, 5.41) is 1.69. The van der Waals surface area contributed by atoms with Crippen molar-refractivity contribution in [2.45, 2.75) is 20.5 Å². The van der Waals surface area contributed by atoms with Gasteiger partial charge in [-0.3, -0.25) is 9.78 Å². The molecule has 3 N–H and O–H groups in total. The largest absolute Gasteiger partial charge is 0.462 e. The smallest absolute Gasteiger partial charge is 0.340 e. The summed E-state index contributed by atoms with van der Waals surface area (Å²) < 4.78 is 10.7. The summed E-state index contributed by atoms with van der Waals surface area (Å²) in [7, 11) is 0. The lowest BCUT2D eigenvalue weighted by atomic mass is 9.99. The van der Waals surface area contributed by atoms with Crippen molar-refractivity contribution in [3.63, 3.8) is 0 Å². The Labute approximate surface area is 150 Å². The van der Waals surface area contributed by atoms with Gasteiger partial charge < -0.3 is 20.2 Å². The molecule has 3 rings (SSSR count). The van der Waals surface area contributed by atoms with Gasteiger partial charge >= 0.3 is 5.97 Å². The van der Waals surface area contributed by atoms with Crippen molar-refractivity contribution in [3.05, 3.63) is 51.6 Å². The molecule has 2 aromatic heterocycles. The third-order valence-corrected chi connectivity index (χ3v) is 4.11. The topological polar surface area (TPSA) is 107 Å². The van der Waals surface area contributed by atoms with E-state index in [9.17, 15) is 9.59 Å². The number of hydrogen-bond donors (Lipinski definition) is 2. The number of ether oxygens (including phenoxy) is 2. The zero-order valence-corrected chi connectivity index (χ0v) is 14.8. The summed E-state index contributed by atoms with van der Waals surface area (Å²) in [6.07, 6.45) is 0. The molecule has 0 atom stereocenters. The van der Waals surface area contributed by atoms with Crippen LogP contribution in [0.1, 0.15) is 28.7 Å². The summed E-state index contributed by atoms with van der Waals surface area (Å²) in [5.74, 6) is -0.521. The van der Waals surface area contributed by atoms with Gasteiger partial charge in [-0.05, 0) is 19.9 Å². The molecule has 0 fully saturated rings. The second-order valence-corrected chi connectivity index (χ2v) is 5.83. The third kappa shape index (κ3) is 3.18. The summed E-state index contributed by atoms with van der Waals surface area (Å²) in [6.45, 7) is 4.52. The molecule has 7 nitrogen and oxygen atoms in total. The number of carbonyl (C=O) groups is 1. The molecule has 136 valence electrons. The van der Waals surface area contributed by atoms with Crippen LogP contribution in [-0.2, 0) is 16.1 Å². The normalized spacial score (nSPS) is 11.2. The van der Waals surface area contributed by atoms with Crippen molar-refractivity contribution < 1.29 is 14.3 Å². The predicted molar refractivity (Wildman–Crippen MR) is 99.3 cm³/mol. The number of benzene rings is 1. The molecule has 0 bridgehead atoms. The Kier molecular flexibility index (Phi) is 5.29. The average Bonchev–Trinajstić information content (AvgIpc) is 2.61. The molecule has 0 aliphatic rings. The van der Waals surface area contributed by atoms with E-state index in [0.717, 1.165) is 5.39 Å². The molecule has 0 saturated carbocycles. The molecule has 0 amide bonds. The van der Waals surface area contributed by atoms with Gasteiger partial charge in [0.05, 0.1) is 42.2 Å². The molecular formula is C19H21N3O4. The highest BCUT2D eigenvalue weighted by Gasteiger charge is 2.23. The minimum atomic E-state index is -0.521. The fourth-order valence-corrected chi connectivity index (χ4v) is 3.09. The SMILES string of the molecule is CCOC(=O)c1c(COCCN)nc(C)c2c(=O)[nH]c3ccccc3c12. The Bertz CT molecular complexity index is 1030. The first-order valence-corrected chi connectivity index (χ1v) is 8.47. The third-order valence-electron chi connectivity index (χ3n) is 4.11. The first-order valence-electron chi connectivity index (χ1n) is 8.47. The van der Waals surface area contributed by atoms with Gasteiger partial charge in [-0.25, -0.2) is 4.79 Å². The van der Waals surface area contributed by atoms with Crippen LogP contribution < -0.4 is 11.3 Å². The number of hydrogen-bond acceptors (Lipinski definition) is 6. The molecule has 7 heteroatoms. The highest BCUT2D eigenvalue weighted by Crippen LogP contribution is 2.29. The number of esters is 1. The fraction of sp³-hybridized carbons (Fsp3) is 0.316. The number of rotatable bonds is 6. The molecule has 0 radical (unpaired) electrons. The number of aromatic nitrogens is 2. The van der Waals surface area contributed by atoms with E-state index in [1.165, 1.54) is 0 Å². The number of para-hydroxylation sites is 1. The van der Waals surface area contributed by atoms with Crippen molar-refractivity contribution in [1.29, 1.82) is 0 Å². The molecule has 0 unspecified atom stereocenters. The average molecular weight is 355 g/mol. The van der Waals surface area contributed by atoms with Crippen LogP contribution in [0, 0.1) is 6.92 Å². The van der Waals surface area contributed by atoms with Gasteiger partial charge in [-0.15, -0.1) is 0 Å². The minimum absolute atomic E-state index is 0.114. The maximum atomic E-state index is 12.7. The van der Waals surface area contributed by atoms with E-state index >= 15 is 0 Å². The lowest BCUT2D eigenvalue weighted by molar-refractivity contribution is 0.0520. The van der Waals surface area contributed by atoms with Crippen molar-refractivity contribution in [2.75, 3.05) is 19.8 Å². The number of nitrogens with two attached hydrogens (primary N) is 1. The van der Waals surface area contributed by atoms with Crippen LogP contribution in [0.2, 0.25) is 0 Å². The van der Waals surface area contributed by atoms with Gasteiger partial charge in [-0.2, -0.15) is 0 Å². The highest BCUT2D eigenvalue weighted by atomic mass is 16.5. The monoisotopic (exact) mass is 355 g/mol. The molecule has 26 heavy (non-hydrogen) atoms. The van der Waals surface area contributed by atoms with E-state index in [-0.39, 0.29) is 24.3 Å². The van der Waals surface area contributed by atoms with E-state index in [4.69, 9.17) is 15.2 Å². The lowest BCUT2D eigenvalue weighted by Gasteiger charge is -2.15. The zero-order chi connectivity index (χ0) is 18.7. The zero-order valence-electron chi connectivity index (χ0n) is 14.8. The van der Waals surface area contributed by atoms with Crippen LogP contribution in [0.4, 0.5) is 0 Å². The fourth-order valence-electron chi connectivity index (χ4n) is 3.09.